The molecule has 0 aliphatic rings. The smallest absolute Gasteiger partial charge is 0.176 e. The number of nitrogens with zero attached hydrogens (tertiary/aromatic N) is 1. The van der Waals surface area contributed by atoms with Gasteiger partial charge < -0.3 is 9.84 Å². The molecule has 0 aliphatic heterocycles. The zero-order valence-corrected chi connectivity index (χ0v) is 7.87. The number of Topliss-reactive ketones (excluding diaryl/α,β-unsaturated/α-hetero) is 1. The summed E-state index contributed by atoms with van der Waals surface area (Å²) in [6, 6.07) is 4.68. The van der Waals surface area contributed by atoms with E-state index in [1.54, 1.807) is 6.07 Å². The molecule has 0 atom stereocenters. The third-order valence-electron chi connectivity index (χ3n) is 1.85. The fourth-order valence-electron chi connectivity index (χ4n) is 1.14. The van der Waals surface area contributed by atoms with Gasteiger partial charge in [0.2, 0.25) is 0 Å². The van der Waals surface area contributed by atoms with Crippen LogP contribution >= 0.6 is 0 Å². The summed E-state index contributed by atoms with van der Waals surface area (Å²) in [4.78, 5) is 11.1. The second kappa shape index (κ2) is 3.79. The predicted octanol–water partition coefficient (Wildman–Crippen LogP) is 1.48. The van der Waals surface area contributed by atoms with Gasteiger partial charge in [-0.3, -0.25) is 4.79 Å². The van der Waals surface area contributed by atoms with E-state index in [1.807, 2.05) is 0 Å². The van der Waals surface area contributed by atoms with E-state index >= 15 is 0 Å². The Morgan fingerprint density at radius 2 is 2.21 bits per heavy atom. The van der Waals surface area contributed by atoms with Crippen LogP contribution in [-0.2, 0) is 0 Å². The van der Waals surface area contributed by atoms with Gasteiger partial charge in [-0.15, -0.1) is 0 Å². The topological polar surface area (TPSA) is 70.3 Å². The molecule has 14 heavy (non-hydrogen) atoms. The van der Waals surface area contributed by atoms with Crippen LogP contribution in [0.15, 0.2) is 12.1 Å². The van der Waals surface area contributed by atoms with Crippen LogP contribution in [0.5, 0.6) is 11.5 Å². The first kappa shape index (κ1) is 10.1. The first-order valence-electron chi connectivity index (χ1n) is 3.92. The summed E-state index contributed by atoms with van der Waals surface area (Å²) in [5.74, 6) is -0.367. The van der Waals surface area contributed by atoms with E-state index in [9.17, 15) is 9.90 Å². The normalized spacial score (nSPS) is 9.21. The number of benzene rings is 1. The average molecular weight is 191 g/mol. The van der Waals surface area contributed by atoms with Gasteiger partial charge in [-0.1, -0.05) is 0 Å². The highest BCUT2D eigenvalue weighted by atomic mass is 16.5. The van der Waals surface area contributed by atoms with Gasteiger partial charge in [-0.25, -0.2) is 0 Å². The van der Waals surface area contributed by atoms with Gasteiger partial charge in [-0.05, 0) is 19.1 Å². The number of nitriles is 1. The minimum atomic E-state index is -0.289. The minimum absolute atomic E-state index is 0.0446. The van der Waals surface area contributed by atoms with Crippen LogP contribution < -0.4 is 4.74 Å². The average Bonchev–Trinajstić information content (AvgIpc) is 2.17. The van der Waals surface area contributed by atoms with Crippen molar-refractivity contribution in [2.75, 3.05) is 7.11 Å². The van der Waals surface area contributed by atoms with Gasteiger partial charge in [0.1, 0.15) is 11.6 Å². The maximum atomic E-state index is 11.1. The Morgan fingerprint density at radius 1 is 1.57 bits per heavy atom. The Balaban J connectivity index is 3.45. The summed E-state index contributed by atoms with van der Waals surface area (Å²) in [7, 11) is 1.38. The summed E-state index contributed by atoms with van der Waals surface area (Å²) < 4.78 is 4.81. The van der Waals surface area contributed by atoms with Gasteiger partial charge in [0, 0.05) is 5.56 Å². The molecule has 0 spiro atoms. The monoisotopic (exact) mass is 191 g/mol. The zero-order valence-electron chi connectivity index (χ0n) is 7.87. The molecule has 0 saturated carbocycles. The van der Waals surface area contributed by atoms with Crippen molar-refractivity contribution >= 4 is 5.78 Å². The maximum absolute atomic E-state index is 11.1. The third-order valence-corrected chi connectivity index (χ3v) is 1.85. The molecule has 1 aromatic carbocycles. The van der Waals surface area contributed by atoms with Crippen molar-refractivity contribution in [2.45, 2.75) is 6.92 Å². The van der Waals surface area contributed by atoms with E-state index in [4.69, 9.17) is 10.00 Å². The summed E-state index contributed by atoms with van der Waals surface area (Å²) in [5.41, 5.74) is 0.155. The molecule has 0 heterocycles. The molecule has 0 radical (unpaired) electrons. The van der Waals surface area contributed by atoms with Gasteiger partial charge in [-0.2, -0.15) is 5.26 Å². The second-order valence-electron chi connectivity index (χ2n) is 2.71. The number of ketones is 1. The van der Waals surface area contributed by atoms with Crippen LogP contribution in [0.2, 0.25) is 0 Å². The molecule has 4 heteroatoms. The van der Waals surface area contributed by atoms with E-state index in [0.717, 1.165) is 0 Å². The lowest BCUT2D eigenvalue weighted by atomic mass is 10.0. The Kier molecular flexibility index (Phi) is 2.73. The Morgan fingerprint density at radius 3 is 2.64 bits per heavy atom. The van der Waals surface area contributed by atoms with Crippen LogP contribution in [-0.4, -0.2) is 18.0 Å². The fraction of sp³-hybridized carbons (Fsp3) is 0.200. The number of phenolic OH excluding ortho intramolecular Hbond substituents is 1. The number of aromatic hydroxyl groups is 1. The highest BCUT2D eigenvalue weighted by molar-refractivity contribution is 5.97. The number of rotatable bonds is 2. The lowest BCUT2D eigenvalue weighted by molar-refractivity contribution is 0.101. The molecule has 72 valence electrons. The van der Waals surface area contributed by atoms with Crippen molar-refractivity contribution in [3.63, 3.8) is 0 Å². The van der Waals surface area contributed by atoms with Crippen molar-refractivity contribution in [3.8, 4) is 17.6 Å². The number of ether oxygens (including phenoxy) is 1. The van der Waals surface area contributed by atoms with Crippen molar-refractivity contribution in [1.29, 1.82) is 5.26 Å². The highest BCUT2D eigenvalue weighted by Gasteiger charge is 2.15. The Hall–Kier alpha value is -2.02. The van der Waals surface area contributed by atoms with E-state index in [-0.39, 0.29) is 28.4 Å². The third kappa shape index (κ3) is 1.52. The van der Waals surface area contributed by atoms with Crippen LogP contribution in [0, 0.1) is 11.3 Å². The van der Waals surface area contributed by atoms with E-state index in [0.29, 0.717) is 0 Å². The highest BCUT2D eigenvalue weighted by Crippen LogP contribution is 2.31. The first-order chi connectivity index (χ1) is 6.61. The quantitative estimate of drug-likeness (QED) is 0.718. The van der Waals surface area contributed by atoms with Crippen molar-refractivity contribution < 1.29 is 14.6 Å². The molecule has 1 rings (SSSR count). The van der Waals surface area contributed by atoms with E-state index in [1.165, 1.54) is 26.2 Å². The number of phenols is 1. The maximum Gasteiger partial charge on any atom is 0.176 e. The number of carbonyl (C=O) groups is 1. The van der Waals surface area contributed by atoms with Crippen molar-refractivity contribution in [1.82, 2.24) is 0 Å². The molecule has 0 fully saturated rings. The van der Waals surface area contributed by atoms with Crippen LogP contribution in [0.3, 0.4) is 0 Å². The first-order valence-corrected chi connectivity index (χ1v) is 3.92. The van der Waals surface area contributed by atoms with E-state index in [2.05, 4.69) is 0 Å². The Labute approximate surface area is 81.4 Å². The van der Waals surface area contributed by atoms with E-state index < -0.39 is 0 Å². The summed E-state index contributed by atoms with van der Waals surface area (Å²) in [5, 5.41) is 18.3. The second-order valence-corrected chi connectivity index (χ2v) is 2.71. The number of hydrogen-bond donors (Lipinski definition) is 1. The summed E-state index contributed by atoms with van der Waals surface area (Å²) >= 11 is 0. The molecule has 0 amide bonds. The molecule has 0 saturated heterocycles. The summed E-state index contributed by atoms with van der Waals surface area (Å²) in [6.45, 7) is 1.34. The van der Waals surface area contributed by atoms with Gasteiger partial charge in [0.25, 0.3) is 0 Å². The Bertz CT molecular complexity index is 418. The molecule has 0 aliphatic carbocycles. The molecular weight excluding hydrogens is 182 g/mol. The molecule has 0 aromatic heterocycles. The molecular formula is C10H9NO3. The zero-order chi connectivity index (χ0) is 10.7. The van der Waals surface area contributed by atoms with Crippen LogP contribution in [0.4, 0.5) is 0 Å². The SMILES string of the molecule is COc1ccc(C(C)=O)c(C#N)c1O. The van der Waals surface area contributed by atoms with Crippen LogP contribution in [0.1, 0.15) is 22.8 Å². The van der Waals surface area contributed by atoms with Gasteiger partial charge in [0.15, 0.2) is 17.3 Å². The standard InChI is InChI=1S/C10H9NO3/c1-6(12)7-3-4-9(14-2)10(13)8(7)5-11/h3-4,13H,1-2H3. The van der Waals surface area contributed by atoms with Gasteiger partial charge in [0.05, 0.1) is 7.11 Å². The number of hydrogen-bond acceptors (Lipinski definition) is 4. The largest absolute Gasteiger partial charge is 0.503 e. The molecule has 1 aromatic rings. The van der Waals surface area contributed by atoms with Crippen molar-refractivity contribution in [2.24, 2.45) is 0 Å². The number of methoxy groups -OCH3 is 1. The van der Waals surface area contributed by atoms with Crippen molar-refractivity contribution in [3.05, 3.63) is 23.3 Å². The number of carbonyl (C=O) groups excluding carboxylic acids is 1. The minimum Gasteiger partial charge on any atom is -0.503 e. The molecule has 0 bridgehead atoms. The predicted molar refractivity (Wildman–Crippen MR) is 49.4 cm³/mol. The lowest BCUT2D eigenvalue weighted by Crippen LogP contribution is -1.98. The fourth-order valence-corrected chi connectivity index (χ4v) is 1.14. The molecule has 0 unspecified atom stereocenters. The molecule has 1 N–H and O–H groups in total. The van der Waals surface area contributed by atoms with Gasteiger partial charge >= 0.3 is 0 Å². The molecule has 4 nitrogen and oxygen atoms in total. The lowest BCUT2D eigenvalue weighted by Gasteiger charge is -2.06. The summed E-state index contributed by atoms with van der Waals surface area (Å²) in [6.07, 6.45) is 0. The van der Waals surface area contributed by atoms with Crippen LogP contribution in [0.25, 0.3) is 0 Å².